The highest BCUT2D eigenvalue weighted by Gasteiger charge is 2.50. The highest BCUT2D eigenvalue weighted by atomic mass is 32.3. The molecule has 542 valence electrons. The molecule has 0 spiro atoms. The van der Waals surface area contributed by atoms with Gasteiger partial charge in [0.1, 0.15) is 36.3 Å². The van der Waals surface area contributed by atoms with Crippen LogP contribution in [-0.2, 0) is 35.2 Å². The van der Waals surface area contributed by atoms with E-state index in [1.165, 1.54) is 76.5 Å². The molecule has 98 heavy (non-hydrogen) atoms. The second kappa shape index (κ2) is 33.1. The smallest absolute Gasteiger partial charge is 0.266 e. The van der Waals surface area contributed by atoms with Gasteiger partial charge in [0.05, 0.1) is 55.9 Å². The average Bonchev–Trinajstić information content (AvgIpc) is 1.59. The zero-order chi connectivity index (χ0) is 70.9. The summed E-state index contributed by atoms with van der Waals surface area (Å²) in [6.45, 7) is 5.98. The molecular weight excluding hydrogens is 1300 g/mol. The number of amides is 7. The zero-order valence-corrected chi connectivity index (χ0v) is 56.3. The third-order valence-electron chi connectivity index (χ3n) is 20.7. The first-order valence-electron chi connectivity index (χ1n) is 33.9. The molecule has 6 fully saturated rings. The van der Waals surface area contributed by atoms with Gasteiger partial charge in [-0.15, -0.1) is 0 Å². The summed E-state index contributed by atoms with van der Waals surface area (Å²) in [5, 5.41) is 114. The Labute approximate surface area is 570 Å². The molecule has 13 atom stereocenters. The number of piperazine rings is 1. The van der Waals surface area contributed by atoms with Crippen LogP contribution in [0.4, 0.5) is 5.69 Å². The SMILES string of the molecule is C[C@@H](O)[C@@H]1NC(=O)[C@@H](NC(=O)c2ccc(-c3ccc(N4CCN(C5CCC(C)(C6CCCC6)CC5)CC4)cc3)cc2)C[C@@H](O)CNC(=O)[C@@H]2[C@@H](O)[C@@H](C)CN2C(=O)[C@H]([C@H](O)CCNC(CO)CO)NC(=O)[C@H]([C@H](O)Cc2ccc(O)c(OS(O)(O)O)c2)NC(=O)[C@@H]2C[C@@H](O)CN2C1=O. The Morgan fingerprint density at radius 3 is 1.95 bits per heavy atom. The number of fused-ring (bicyclic) bond motifs is 2. The number of β-amino-alcohol motifs (C(OH)–C–C–N with tert-alkyl or cyclic N) is 1. The molecule has 0 unspecified atom stereocenters. The molecule has 3 aromatic rings. The van der Waals surface area contributed by atoms with Gasteiger partial charge in [-0.2, -0.15) is 0 Å². The summed E-state index contributed by atoms with van der Waals surface area (Å²) in [7, 11) is 0. The highest BCUT2D eigenvalue weighted by molar-refractivity contribution is 8.15. The number of aromatic hydroxyl groups is 1. The number of nitrogens with zero attached hydrogens (tertiary/aromatic N) is 4. The van der Waals surface area contributed by atoms with E-state index in [-0.39, 0.29) is 24.2 Å². The Bertz CT molecular complexity index is 3230. The number of benzene rings is 3. The van der Waals surface area contributed by atoms with Crippen molar-refractivity contribution >= 4 is 58.2 Å². The van der Waals surface area contributed by atoms with Crippen molar-refractivity contribution in [3.05, 3.63) is 77.9 Å². The van der Waals surface area contributed by atoms with E-state index in [4.69, 9.17) is 0 Å². The van der Waals surface area contributed by atoms with Gasteiger partial charge in [-0.1, -0.05) is 57.0 Å². The van der Waals surface area contributed by atoms with Gasteiger partial charge in [0.15, 0.2) is 11.5 Å². The van der Waals surface area contributed by atoms with Crippen molar-refractivity contribution in [3.8, 4) is 22.6 Å². The predicted molar refractivity (Wildman–Crippen MR) is 358 cm³/mol. The van der Waals surface area contributed by atoms with Gasteiger partial charge in [-0.05, 0) is 123 Å². The molecule has 0 aromatic heterocycles. The monoisotopic (exact) mass is 1390 g/mol. The Morgan fingerprint density at radius 1 is 0.714 bits per heavy atom. The molecule has 4 heterocycles. The van der Waals surface area contributed by atoms with E-state index in [1.807, 2.05) is 12.1 Å². The van der Waals surface area contributed by atoms with Crippen LogP contribution in [-0.4, -0.2) is 266 Å². The minimum Gasteiger partial charge on any atom is -0.504 e. The van der Waals surface area contributed by atoms with Crippen molar-refractivity contribution in [2.45, 2.75) is 183 Å². The van der Waals surface area contributed by atoms with Gasteiger partial charge < -0.3 is 96.7 Å². The number of aliphatic hydroxyl groups is 8. The molecule has 0 bridgehead atoms. The fourth-order valence-electron chi connectivity index (χ4n) is 14.9. The third-order valence-corrected chi connectivity index (χ3v) is 21.1. The second-order valence-corrected chi connectivity index (χ2v) is 28.8. The minimum atomic E-state index is -4.74. The van der Waals surface area contributed by atoms with E-state index in [1.54, 1.807) is 12.1 Å². The van der Waals surface area contributed by atoms with Crippen molar-refractivity contribution in [3.63, 3.8) is 0 Å². The number of aliphatic hydroxyl groups excluding tert-OH is 8. The van der Waals surface area contributed by atoms with E-state index in [0.717, 1.165) is 77.8 Å². The Balaban J connectivity index is 0.953. The summed E-state index contributed by atoms with van der Waals surface area (Å²) in [6.07, 6.45) is -2.29. The van der Waals surface area contributed by atoms with E-state index >= 15 is 0 Å². The average molecular weight is 1400 g/mol. The first-order valence-corrected chi connectivity index (χ1v) is 35.3. The van der Waals surface area contributed by atoms with Gasteiger partial charge in [-0.3, -0.25) is 52.1 Å². The molecule has 4 aliphatic heterocycles. The number of phenols is 1. The lowest BCUT2D eigenvalue weighted by atomic mass is 9.65. The Kier molecular flexibility index (Phi) is 25.5. The van der Waals surface area contributed by atoms with Gasteiger partial charge in [0.2, 0.25) is 35.4 Å². The maximum atomic E-state index is 15.0. The van der Waals surface area contributed by atoms with Crippen molar-refractivity contribution < 1.29 is 97.4 Å². The first kappa shape index (κ1) is 75.4. The molecule has 2 aliphatic carbocycles. The third kappa shape index (κ3) is 18.6. The molecule has 18 N–H and O–H groups in total. The van der Waals surface area contributed by atoms with Crippen LogP contribution in [0.3, 0.4) is 0 Å². The number of hydrogen-bond donors (Lipinski definition) is 18. The minimum absolute atomic E-state index is 0.0550. The van der Waals surface area contributed by atoms with Crippen LogP contribution in [0.15, 0.2) is 66.7 Å². The molecule has 6 aliphatic rings. The number of phenolic OH excluding ortho intramolecular Hbond substituents is 1. The molecule has 31 heteroatoms. The molecule has 30 nitrogen and oxygen atoms in total. The second-order valence-electron chi connectivity index (χ2n) is 27.7. The summed E-state index contributed by atoms with van der Waals surface area (Å²) >= 11 is -4.74. The number of nitrogens with one attached hydrogen (secondary N) is 6. The first-order chi connectivity index (χ1) is 46.5. The highest BCUT2D eigenvalue weighted by Crippen LogP contribution is 2.50. The van der Waals surface area contributed by atoms with Gasteiger partial charge >= 0.3 is 0 Å². The van der Waals surface area contributed by atoms with Crippen molar-refractivity contribution in [2.75, 3.05) is 70.5 Å². The van der Waals surface area contributed by atoms with Crippen LogP contribution >= 0.6 is 11.2 Å². The predicted octanol–water partition coefficient (Wildman–Crippen LogP) is -0.881. The normalized spacial score (nSPS) is 29.7. The molecular formula is C67H98N10O20S. The fourth-order valence-corrected chi connectivity index (χ4v) is 15.2. The summed E-state index contributed by atoms with van der Waals surface area (Å²) in [6, 6.07) is 5.92. The molecule has 3 aromatic carbocycles. The zero-order valence-electron chi connectivity index (χ0n) is 55.5. The molecule has 2 saturated carbocycles. The van der Waals surface area contributed by atoms with Crippen LogP contribution < -0.4 is 41.0 Å². The quantitative estimate of drug-likeness (QED) is 0.0693. The van der Waals surface area contributed by atoms with E-state index in [9.17, 15) is 93.2 Å². The summed E-state index contributed by atoms with van der Waals surface area (Å²) in [5.41, 5.74) is 3.23. The van der Waals surface area contributed by atoms with E-state index in [0.29, 0.717) is 11.5 Å². The van der Waals surface area contributed by atoms with Crippen LogP contribution in [0.2, 0.25) is 0 Å². The maximum Gasteiger partial charge on any atom is 0.266 e. The summed E-state index contributed by atoms with van der Waals surface area (Å²) in [5.74, 6) is -9.44. The maximum absolute atomic E-state index is 15.0. The molecule has 4 saturated heterocycles. The van der Waals surface area contributed by atoms with Crippen LogP contribution in [0, 0.1) is 17.3 Å². The number of anilines is 1. The van der Waals surface area contributed by atoms with Crippen molar-refractivity contribution in [1.82, 2.24) is 46.6 Å². The van der Waals surface area contributed by atoms with E-state index < -0.39 is 201 Å². The van der Waals surface area contributed by atoms with E-state index in [2.05, 4.69) is 64.9 Å². The largest absolute Gasteiger partial charge is 0.504 e. The standard InChI is InChI=1S/C67H98N10O20S/c1-37-33-77-58(59(37)86)64(91)69-32-47(81)30-49(70-60(87)42-11-9-40(10-12-42)41-13-15-45(16-14-41)74-24-26-75(27-25-74)46-18-21-67(3,22-19-46)43-6-4-5-7-43)61(88)71-55(38(2)80)65(92)76-34-48(82)31-50(76)62(89)72-56(53(85)28-39-8-17-51(83)54(29-39)97-98(94,95)96)63(90)73-57(66(77)93)52(84)20-23-68-44(35-78)36-79/h8-17,29,37-38,43-44,46-50,52-53,55-59,68,78-86,94-96H,4-7,18-28,30-36H2,1-3H3,(H,69,91)(H,70,87)(H,71,88)(H,72,89)(H,73,90)/t37-,38+,46?,47+,48+,49-,50-,52+,53+,55-,56-,57-,58-,59-,67?/m0/s1. The van der Waals surface area contributed by atoms with Gasteiger partial charge in [-0.25, -0.2) is 0 Å². The summed E-state index contributed by atoms with van der Waals surface area (Å²) < 4.78 is 33.4. The number of hydrogen-bond acceptors (Lipinski definition) is 23. The van der Waals surface area contributed by atoms with Gasteiger partial charge in [0, 0.05) is 88.3 Å². The van der Waals surface area contributed by atoms with Crippen LogP contribution in [0.1, 0.15) is 107 Å². The molecule has 9 rings (SSSR count). The number of rotatable bonds is 19. The lowest BCUT2D eigenvalue weighted by Gasteiger charge is -2.47. The topological polar surface area (TPSA) is 457 Å². The lowest BCUT2D eigenvalue weighted by molar-refractivity contribution is -0.147. The molecule has 0 radical (unpaired) electrons. The van der Waals surface area contributed by atoms with Crippen LogP contribution in [0.25, 0.3) is 11.1 Å². The molecule has 7 amide bonds. The number of carbonyl (C=O) groups is 7. The summed E-state index contributed by atoms with van der Waals surface area (Å²) in [4.78, 5) is 109. The van der Waals surface area contributed by atoms with Crippen molar-refractivity contribution in [2.24, 2.45) is 17.3 Å². The van der Waals surface area contributed by atoms with Crippen molar-refractivity contribution in [1.29, 1.82) is 0 Å². The number of carbonyl (C=O) groups excluding carboxylic acids is 7. The fraction of sp³-hybridized carbons (Fsp3) is 0.627. The van der Waals surface area contributed by atoms with Crippen LogP contribution in [0.5, 0.6) is 11.5 Å². The Hall–Kier alpha value is -6.82. The lowest BCUT2D eigenvalue weighted by Crippen LogP contribution is -2.64. The Morgan fingerprint density at radius 2 is 1.33 bits per heavy atom. The van der Waals surface area contributed by atoms with Gasteiger partial charge in [0.25, 0.3) is 17.1 Å².